The zero-order valence-electron chi connectivity index (χ0n) is 15.6. The summed E-state index contributed by atoms with van der Waals surface area (Å²) >= 11 is 0. The van der Waals surface area contributed by atoms with Crippen LogP contribution >= 0.6 is 0 Å². The molecule has 0 saturated heterocycles. The van der Waals surface area contributed by atoms with E-state index < -0.39 is 17.0 Å². The summed E-state index contributed by atoms with van der Waals surface area (Å²) < 4.78 is 2.22. The lowest BCUT2D eigenvalue weighted by Crippen LogP contribution is -2.36. The minimum absolute atomic E-state index is 0.0301. The van der Waals surface area contributed by atoms with Crippen LogP contribution in [0.15, 0.2) is 58.1 Å². The SMILES string of the molecule is Cn1c(=O)c2c(-c3ccc(O)cc3)c(C(=O)c3ccccc3O)[nH]c2n(C)c1=O. The van der Waals surface area contributed by atoms with Gasteiger partial charge in [0.2, 0.25) is 5.78 Å². The van der Waals surface area contributed by atoms with Crippen molar-refractivity contribution in [3.8, 4) is 22.6 Å². The average Bonchev–Trinajstić information content (AvgIpc) is 3.12. The quantitative estimate of drug-likeness (QED) is 0.461. The van der Waals surface area contributed by atoms with E-state index in [9.17, 15) is 24.6 Å². The van der Waals surface area contributed by atoms with E-state index in [-0.39, 0.29) is 33.8 Å². The van der Waals surface area contributed by atoms with Crippen LogP contribution in [0, 0.1) is 0 Å². The summed E-state index contributed by atoms with van der Waals surface area (Å²) in [6.45, 7) is 0. The number of nitrogens with zero attached hydrogens (tertiary/aromatic N) is 2. The summed E-state index contributed by atoms with van der Waals surface area (Å²) in [5.41, 5.74) is 0.0145. The van der Waals surface area contributed by atoms with Gasteiger partial charge in [-0.1, -0.05) is 24.3 Å². The lowest BCUT2D eigenvalue weighted by Gasteiger charge is -2.07. The molecule has 8 heteroatoms. The number of hydrogen-bond acceptors (Lipinski definition) is 5. The number of ketones is 1. The van der Waals surface area contributed by atoms with Crippen molar-refractivity contribution in [2.24, 2.45) is 14.1 Å². The number of carbonyl (C=O) groups excluding carboxylic acids is 1. The molecule has 0 aliphatic heterocycles. The molecule has 29 heavy (non-hydrogen) atoms. The second-order valence-corrected chi connectivity index (χ2v) is 6.70. The minimum Gasteiger partial charge on any atom is -0.508 e. The molecule has 0 saturated carbocycles. The first-order valence-electron chi connectivity index (χ1n) is 8.75. The van der Waals surface area contributed by atoms with E-state index in [2.05, 4.69) is 4.98 Å². The third-order valence-corrected chi connectivity index (χ3v) is 4.94. The van der Waals surface area contributed by atoms with Gasteiger partial charge in [-0.25, -0.2) is 4.79 Å². The van der Waals surface area contributed by atoms with E-state index in [1.54, 1.807) is 24.3 Å². The summed E-state index contributed by atoms with van der Waals surface area (Å²) in [5.74, 6) is -0.700. The van der Waals surface area contributed by atoms with Gasteiger partial charge in [0.05, 0.1) is 16.6 Å². The van der Waals surface area contributed by atoms with Gasteiger partial charge < -0.3 is 15.2 Å². The van der Waals surface area contributed by atoms with Crippen LogP contribution in [0.2, 0.25) is 0 Å². The highest BCUT2D eigenvalue weighted by Crippen LogP contribution is 2.33. The minimum atomic E-state index is -0.557. The smallest absolute Gasteiger partial charge is 0.332 e. The number of para-hydroxylation sites is 1. The van der Waals surface area contributed by atoms with Crippen LogP contribution in [0.3, 0.4) is 0 Å². The van der Waals surface area contributed by atoms with Crippen LogP contribution in [0.25, 0.3) is 22.2 Å². The van der Waals surface area contributed by atoms with Crippen molar-refractivity contribution < 1.29 is 15.0 Å². The van der Waals surface area contributed by atoms with E-state index in [0.717, 1.165) is 4.57 Å². The summed E-state index contributed by atoms with van der Waals surface area (Å²) in [6, 6.07) is 12.1. The van der Waals surface area contributed by atoms with E-state index in [1.165, 1.54) is 42.9 Å². The molecule has 2 aromatic carbocycles. The number of H-pyrrole nitrogens is 1. The molecule has 3 N–H and O–H groups in total. The number of fused-ring (bicyclic) bond motifs is 1. The first kappa shape index (κ1) is 18.3. The average molecular weight is 391 g/mol. The molecule has 0 spiro atoms. The molecule has 0 radical (unpaired) electrons. The molecular weight excluding hydrogens is 374 g/mol. The van der Waals surface area contributed by atoms with Gasteiger partial charge >= 0.3 is 5.69 Å². The van der Waals surface area contributed by atoms with Crippen LogP contribution in [0.1, 0.15) is 16.1 Å². The molecule has 0 fully saturated rings. The molecule has 146 valence electrons. The van der Waals surface area contributed by atoms with Crippen LogP contribution in [-0.2, 0) is 14.1 Å². The molecule has 2 aromatic heterocycles. The first-order valence-corrected chi connectivity index (χ1v) is 8.75. The van der Waals surface area contributed by atoms with Crippen LogP contribution in [0.4, 0.5) is 0 Å². The predicted molar refractivity (Wildman–Crippen MR) is 107 cm³/mol. The lowest BCUT2D eigenvalue weighted by molar-refractivity contribution is 0.103. The Bertz CT molecular complexity index is 1390. The van der Waals surface area contributed by atoms with Crippen LogP contribution in [0.5, 0.6) is 11.5 Å². The Balaban J connectivity index is 2.15. The molecule has 4 rings (SSSR count). The molecule has 0 aliphatic carbocycles. The van der Waals surface area contributed by atoms with Crippen LogP contribution in [-0.4, -0.2) is 30.1 Å². The maximum Gasteiger partial charge on any atom is 0.332 e. The number of nitrogens with one attached hydrogen (secondary N) is 1. The third kappa shape index (κ3) is 2.73. The largest absolute Gasteiger partial charge is 0.508 e. The molecule has 8 nitrogen and oxygen atoms in total. The summed E-state index contributed by atoms with van der Waals surface area (Å²) in [5, 5.41) is 19.9. The summed E-state index contributed by atoms with van der Waals surface area (Å²) in [6.07, 6.45) is 0. The fourth-order valence-electron chi connectivity index (χ4n) is 3.41. The van der Waals surface area contributed by atoms with Crippen molar-refractivity contribution in [3.63, 3.8) is 0 Å². The highest BCUT2D eigenvalue weighted by Gasteiger charge is 2.26. The first-order chi connectivity index (χ1) is 13.8. The Kier molecular flexibility index (Phi) is 4.11. The predicted octanol–water partition coefficient (Wildman–Crippen LogP) is 1.87. The number of hydrogen-bond donors (Lipinski definition) is 3. The Hall–Kier alpha value is -4.07. The fraction of sp³-hybridized carbons (Fsp3) is 0.0952. The Morgan fingerprint density at radius 1 is 0.931 bits per heavy atom. The molecule has 0 aliphatic rings. The second-order valence-electron chi connectivity index (χ2n) is 6.70. The van der Waals surface area contributed by atoms with Crippen molar-refractivity contribution in [2.45, 2.75) is 0 Å². The van der Waals surface area contributed by atoms with Gasteiger partial charge in [0.1, 0.15) is 17.1 Å². The Morgan fingerprint density at radius 3 is 2.24 bits per heavy atom. The molecule has 0 amide bonds. The number of rotatable bonds is 3. The number of aromatic nitrogens is 3. The second kappa shape index (κ2) is 6.52. The number of benzene rings is 2. The van der Waals surface area contributed by atoms with Crippen molar-refractivity contribution in [2.75, 3.05) is 0 Å². The third-order valence-electron chi connectivity index (χ3n) is 4.94. The Morgan fingerprint density at radius 2 is 1.59 bits per heavy atom. The maximum atomic E-state index is 13.3. The lowest BCUT2D eigenvalue weighted by atomic mass is 9.98. The molecule has 4 aromatic rings. The zero-order valence-corrected chi connectivity index (χ0v) is 15.6. The standard InChI is InChI=1S/C21H17N3O5/c1-23-19-16(20(28)24(2)21(23)29)15(11-7-9-12(25)10-8-11)17(22-19)18(27)13-5-3-4-6-14(13)26/h3-10,22,25-26H,1-2H3. The normalized spacial score (nSPS) is 11.1. The van der Waals surface area contributed by atoms with Crippen molar-refractivity contribution >= 4 is 16.8 Å². The number of aryl methyl sites for hydroxylation is 1. The van der Waals surface area contributed by atoms with Gasteiger partial charge in [-0.3, -0.25) is 18.7 Å². The van der Waals surface area contributed by atoms with E-state index in [1.807, 2.05) is 0 Å². The number of phenols is 2. The van der Waals surface area contributed by atoms with Crippen LogP contribution < -0.4 is 11.2 Å². The van der Waals surface area contributed by atoms with Crippen molar-refractivity contribution in [3.05, 3.63) is 80.6 Å². The number of aromatic amines is 1. The van der Waals surface area contributed by atoms with E-state index in [4.69, 9.17) is 0 Å². The van der Waals surface area contributed by atoms with Gasteiger partial charge in [0.25, 0.3) is 5.56 Å². The molecule has 0 atom stereocenters. The number of aromatic hydroxyl groups is 2. The Labute approximate surface area is 163 Å². The molecule has 0 unspecified atom stereocenters. The van der Waals surface area contributed by atoms with Gasteiger partial charge in [0.15, 0.2) is 0 Å². The van der Waals surface area contributed by atoms with Gasteiger partial charge in [0, 0.05) is 19.7 Å². The molecule has 0 bridgehead atoms. The van der Waals surface area contributed by atoms with Gasteiger partial charge in [-0.2, -0.15) is 0 Å². The number of carbonyl (C=O) groups is 1. The van der Waals surface area contributed by atoms with E-state index in [0.29, 0.717) is 11.1 Å². The highest BCUT2D eigenvalue weighted by atomic mass is 16.3. The summed E-state index contributed by atoms with van der Waals surface area (Å²) in [7, 11) is 2.86. The molecular formula is C21H17N3O5. The topological polar surface area (TPSA) is 117 Å². The zero-order chi connectivity index (χ0) is 20.9. The van der Waals surface area contributed by atoms with E-state index >= 15 is 0 Å². The molecule has 2 heterocycles. The maximum absolute atomic E-state index is 13.3. The number of phenolic OH excluding ortho intramolecular Hbond substituents is 2. The van der Waals surface area contributed by atoms with Crippen molar-refractivity contribution in [1.82, 2.24) is 14.1 Å². The monoisotopic (exact) mass is 391 g/mol. The van der Waals surface area contributed by atoms with Crippen molar-refractivity contribution in [1.29, 1.82) is 0 Å². The van der Waals surface area contributed by atoms with Gasteiger partial charge in [-0.05, 0) is 29.8 Å². The van der Waals surface area contributed by atoms with Gasteiger partial charge in [-0.15, -0.1) is 0 Å². The highest BCUT2D eigenvalue weighted by molar-refractivity contribution is 6.17. The summed E-state index contributed by atoms with van der Waals surface area (Å²) in [4.78, 5) is 41.4. The fourth-order valence-corrected chi connectivity index (χ4v) is 3.41.